The van der Waals surface area contributed by atoms with Crippen LogP contribution in [0, 0.1) is 39.0 Å². The molecule has 0 aliphatic rings. The van der Waals surface area contributed by atoms with Crippen molar-refractivity contribution < 1.29 is 0 Å². The zero-order valence-corrected chi connectivity index (χ0v) is 12.1. The topological polar surface area (TPSA) is 35.8 Å². The quantitative estimate of drug-likeness (QED) is 0.779. The number of rotatable bonds is 6. The molecule has 0 saturated carbocycles. The van der Waals surface area contributed by atoms with Gasteiger partial charge in [0, 0.05) is 6.42 Å². The van der Waals surface area contributed by atoms with Crippen LogP contribution in [0.1, 0.15) is 40.7 Å². The summed E-state index contributed by atoms with van der Waals surface area (Å²) in [5.41, 5.74) is 7.12. The van der Waals surface area contributed by atoms with Crippen molar-refractivity contribution in [3.05, 3.63) is 33.9 Å². The summed E-state index contributed by atoms with van der Waals surface area (Å²) in [6, 6.07) is 4.44. The largest absolute Gasteiger partial charge is 0.316 e. The summed E-state index contributed by atoms with van der Waals surface area (Å²) in [6.45, 7) is 10.7. The number of hydrogen-bond donors (Lipinski definition) is 1. The Morgan fingerprint density at radius 2 is 1.67 bits per heavy atom. The average molecular weight is 244 g/mol. The van der Waals surface area contributed by atoms with Crippen LogP contribution in [0.3, 0.4) is 0 Å². The Balaban J connectivity index is 2.55. The van der Waals surface area contributed by atoms with E-state index in [9.17, 15) is 0 Å². The molecule has 0 aromatic heterocycles. The summed E-state index contributed by atoms with van der Waals surface area (Å²) < 4.78 is 0. The molecule has 98 valence electrons. The van der Waals surface area contributed by atoms with Gasteiger partial charge in [-0.25, -0.2) is 0 Å². The van der Waals surface area contributed by atoms with Crippen LogP contribution in [0.2, 0.25) is 0 Å². The minimum Gasteiger partial charge on any atom is -0.316 e. The molecule has 0 fully saturated rings. The lowest BCUT2D eigenvalue weighted by molar-refractivity contribution is 0.653. The monoisotopic (exact) mass is 244 g/mol. The maximum atomic E-state index is 8.46. The summed E-state index contributed by atoms with van der Waals surface area (Å²) in [5.74, 6) is 0. The van der Waals surface area contributed by atoms with Crippen LogP contribution < -0.4 is 5.32 Å². The van der Waals surface area contributed by atoms with Gasteiger partial charge in [-0.3, -0.25) is 0 Å². The van der Waals surface area contributed by atoms with Gasteiger partial charge in [0.1, 0.15) is 0 Å². The predicted octanol–water partition coefficient (Wildman–Crippen LogP) is 3.36. The number of nitriles is 1. The Morgan fingerprint density at radius 1 is 1.06 bits per heavy atom. The molecule has 2 nitrogen and oxygen atoms in total. The first-order valence-corrected chi connectivity index (χ1v) is 6.72. The van der Waals surface area contributed by atoms with Gasteiger partial charge >= 0.3 is 0 Å². The van der Waals surface area contributed by atoms with Crippen LogP contribution in [0.4, 0.5) is 0 Å². The van der Waals surface area contributed by atoms with Gasteiger partial charge in [0.15, 0.2) is 0 Å². The molecule has 1 aromatic carbocycles. The number of nitrogens with one attached hydrogen (secondary N) is 1. The fourth-order valence-electron chi connectivity index (χ4n) is 2.30. The standard InChI is InChI=1S/C16H24N2/c1-12-11-13(2)15(4)16(14(12)3)7-10-18-9-6-5-8-17/h11,18H,5-7,9-10H2,1-4H3. The molecular formula is C16H24N2. The Morgan fingerprint density at radius 3 is 2.22 bits per heavy atom. The van der Waals surface area contributed by atoms with Crippen molar-refractivity contribution in [1.29, 1.82) is 5.26 Å². The van der Waals surface area contributed by atoms with Gasteiger partial charge in [0.2, 0.25) is 0 Å². The van der Waals surface area contributed by atoms with Gasteiger partial charge < -0.3 is 5.32 Å². The van der Waals surface area contributed by atoms with Gasteiger partial charge in [0.05, 0.1) is 6.07 Å². The third-order valence-electron chi connectivity index (χ3n) is 3.72. The highest BCUT2D eigenvalue weighted by Crippen LogP contribution is 2.21. The lowest BCUT2D eigenvalue weighted by Gasteiger charge is -2.15. The molecule has 1 rings (SSSR count). The van der Waals surface area contributed by atoms with Gasteiger partial charge in [-0.05, 0) is 81.4 Å². The first kappa shape index (κ1) is 14.7. The normalized spacial score (nSPS) is 10.4. The molecule has 1 N–H and O–H groups in total. The minimum absolute atomic E-state index is 0.647. The molecule has 0 atom stereocenters. The Bertz CT molecular complexity index is 415. The second-order valence-electron chi connectivity index (χ2n) is 5.00. The van der Waals surface area contributed by atoms with Crippen LogP contribution in [0.5, 0.6) is 0 Å². The van der Waals surface area contributed by atoms with Crippen LogP contribution in [-0.4, -0.2) is 13.1 Å². The highest BCUT2D eigenvalue weighted by molar-refractivity contribution is 5.44. The highest BCUT2D eigenvalue weighted by atomic mass is 14.8. The van der Waals surface area contributed by atoms with Crippen LogP contribution in [-0.2, 0) is 6.42 Å². The number of aryl methyl sites for hydroxylation is 2. The van der Waals surface area contributed by atoms with E-state index in [-0.39, 0.29) is 0 Å². The third-order valence-corrected chi connectivity index (χ3v) is 3.72. The molecule has 0 heterocycles. The lowest BCUT2D eigenvalue weighted by Crippen LogP contribution is -2.19. The fraction of sp³-hybridized carbons (Fsp3) is 0.562. The average Bonchev–Trinajstić information content (AvgIpc) is 2.35. The molecule has 0 spiro atoms. The van der Waals surface area contributed by atoms with E-state index in [0.717, 1.165) is 25.9 Å². The molecular weight excluding hydrogens is 220 g/mol. The molecule has 0 saturated heterocycles. The molecule has 0 unspecified atom stereocenters. The first-order chi connectivity index (χ1) is 8.57. The smallest absolute Gasteiger partial charge is 0.0622 e. The number of hydrogen-bond acceptors (Lipinski definition) is 2. The molecule has 0 bridgehead atoms. The molecule has 18 heavy (non-hydrogen) atoms. The predicted molar refractivity (Wildman–Crippen MR) is 76.8 cm³/mol. The van der Waals surface area contributed by atoms with Crippen molar-refractivity contribution in [2.45, 2.75) is 47.0 Å². The van der Waals surface area contributed by atoms with Gasteiger partial charge in [-0.15, -0.1) is 0 Å². The fourth-order valence-corrected chi connectivity index (χ4v) is 2.30. The second kappa shape index (κ2) is 7.18. The molecule has 2 heteroatoms. The zero-order valence-electron chi connectivity index (χ0n) is 12.1. The highest BCUT2D eigenvalue weighted by Gasteiger charge is 2.07. The summed E-state index contributed by atoms with van der Waals surface area (Å²) >= 11 is 0. The van der Waals surface area contributed by atoms with E-state index in [1.807, 2.05) is 0 Å². The summed E-state index contributed by atoms with van der Waals surface area (Å²) in [5, 5.41) is 11.9. The van der Waals surface area contributed by atoms with Crippen molar-refractivity contribution in [2.75, 3.05) is 13.1 Å². The van der Waals surface area contributed by atoms with E-state index < -0.39 is 0 Å². The Labute approximate surface area is 111 Å². The molecule has 0 aliphatic carbocycles. The van der Waals surface area contributed by atoms with Crippen molar-refractivity contribution in [3.8, 4) is 6.07 Å². The molecule has 0 amide bonds. The van der Waals surface area contributed by atoms with E-state index in [0.29, 0.717) is 6.42 Å². The lowest BCUT2D eigenvalue weighted by atomic mass is 9.92. The minimum atomic E-state index is 0.647. The van der Waals surface area contributed by atoms with Crippen molar-refractivity contribution in [2.24, 2.45) is 0 Å². The summed E-state index contributed by atoms with van der Waals surface area (Å²) in [6.07, 6.45) is 2.67. The molecule has 1 aromatic rings. The van der Waals surface area contributed by atoms with Gasteiger partial charge in [-0.1, -0.05) is 6.07 Å². The number of unbranched alkanes of at least 4 members (excludes halogenated alkanes) is 1. The van der Waals surface area contributed by atoms with Crippen molar-refractivity contribution in [3.63, 3.8) is 0 Å². The summed E-state index contributed by atoms with van der Waals surface area (Å²) in [4.78, 5) is 0. The van der Waals surface area contributed by atoms with Crippen LogP contribution in [0.15, 0.2) is 6.07 Å². The van der Waals surface area contributed by atoms with E-state index in [1.165, 1.54) is 27.8 Å². The van der Waals surface area contributed by atoms with Crippen LogP contribution >= 0.6 is 0 Å². The van der Waals surface area contributed by atoms with E-state index >= 15 is 0 Å². The first-order valence-electron chi connectivity index (χ1n) is 6.72. The second-order valence-corrected chi connectivity index (χ2v) is 5.00. The molecule has 0 radical (unpaired) electrons. The SMILES string of the molecule is Cc1cc(C)c(C)c(CCNCCCC#N)c1C. The Hall–Kier alpha value is -1.33. The third kappa shape index (κ3) is 3.85. The molecule has 0 aliphatic heterocycles. The Kier molecular flexibility index (Phi) is 5.88. The maximum absolute atomic E-state index is 8.46. The number of nitrogens with zero attached hydrogens (tertiary/aromatic N) is 1. The van der Waals surface area contributed by atoms with Gasteiger partial charge in [-0.2, -0.15) is 5.26 Å². The maximum Gasteiger partial charge on any atom is 0.0622 e. The summed E-state index contributed by atoms with van der Waals surface area (Å²) in [7, 11) is 0. The van der Waals surface area contributed by atoms with E-state index in [1.54, 1.807) is 0 Å². The van der Waals surface area contributed by atoms with Gasteiger partial charge in [0.25, 0.3) is 0 Å². The van der Waals surface area contributed by atoms with Crippen molar-refractivity contribution >= 4 is 0 Å². The van der Waals surface area contributed by atoms with Crippen LogP contribution in [0.25, 0.3) is 0 Å². The van der Waals surface area contributed by atoms with Crippen molar-refractivity contribution in [1.82, 2.24) is 5.32 Å². The van der Waals surface area contributed by atoms with E-state index in [4.69, 9.17) is 5.26 Å². The van der Waals surface area contributed by atoms with E-state index in [2.05, 4.69) is 45.1 Å². The zero-order chi connectivity index (χ0) is 13.5. The number of benzene rings is 1.